The zero-order chi connectivity index (χ0) is 23.5. The molecule has 166 valence electrons. The van der Waals surface area contributed by atoms with E-state index in [-0.39, 0.29) is 16.9 Å². The van der Waals surface area contributed by atoms with Gasteiger partial charge in [0.05, 0.1) is 11.6 Å². The van der Waals surface area contributed by atoms with E-state index >= 15 is 0 Å². The van der Waals surface area contributed by atoms with Crippen LogP contribution < -0.4 is 10.9 Å². The van der Waals surface area contributed by atoms with Crippen LogP contribution in [0.4, 0.5) is 4.39 Å². The molecule has 0 bridgehead atoms. The summed E-state index contributed by atoms with van der Waals surface area (Å²) >= 11 is 0. The fourth-order valence-corrected chi connectivity index (χ4v) is 3.43. The highest BCUT2D eigenvalue weighted by molar-refractivity contribution is 6.58. The molecule has 0 unspecified atom stereocenters. The van der Waals surface area contributed by atoms with E-state index in [1.54, 1.807) is 19.9 Å². The van der Waals surface area contributed by atoms with Gasteiger partial charge >= 0.3 is 13.0 Å². The summed E-state index contributed by atoms with van der Waals surface area (Å²) in [6.07, 6.45) is 0.512. The summed E-state index contributed by atoms with van der Waals surface area (Å²) < 4.78 is 14.4. The van der Waals surface area contributed by atoms with E-state index in [1.165, 1.54) is 6.07 Å². The van der Waals surface area contributed by atoms with Crippen LogP contribution in [0.25, 0.3) is 0 Å². The van der Waals surface area contributed by atoms with Gasteiger partial charge in [0, 0.05) is 11.4 Å². The smallest absolute Gasteiger partial charge is 0.423 e. The normalized spacial score (nSPS) is 12.3. The maximum absolute atomic E-state index is 14.4. The largest absolute Gasteiger partial charge is 0.488 e. The van der Waals surface area contributed by atoms with Gasteiger partial charge in [-0.25, -0.2) is 19.4 Å². The quantitative estimate of drug-likeness (QED) is 0.490. The zero-order valence-electron chi connectivity index (χ0n) is 18.6. The van der Waals surface area contributed by atoms with Gasteiger partial charge in [-0.1, -0.05) is 33.8 Å². The molecule has 10 heteroatoms. The minimum atomic E-state index is -1.86. The molecule has 0 radical (unpaired) electrons. The number of hydrazine groups is 1. The number of carbonyl (C=O) groups is 2. The van der Waals surface area contributed by atoms with Crippen molar-refractivity contribution in [1.29, 1.82) is 0 Å². The Labute approximate surface area is 181 Å². The molecule has 3 N–H and O–H groups in total. The topological polar surface area (TPSA) is 116 Å². The molecule has 0 saturated heterocycles. The summed E-state index contributed by atoms with van der Waals surface area (Å²) in [4.78, 5) is 34.6. The van der Waals surface area contributed by atoms with Crippen LogP contribution in [0.1, 0.15) is 66.5 Å². The van der Waals surface area contributed by atoms with Crippen LogP contribution in [-0.2, 0) is 0 Å². The Morgan fingerprint density at radius 3 is 2.19 bits per heavy atom. The molecule has 2 amide bonds. The van der Waals surface area contributed by atoms with E-state index in [0.717, 1.165) is 17.1 Å². The number of benzene rings is 1. The fraction of sp³-hybridized carbons (Fsp3) is 0.429. The molecule has 1 atom stereocenters. The zero-order valence-corrected chi connectivity index (χ0v) is 18.6. The van der Waals surface area contributed by atoms with Crippen LogP contribution >= 0.6 is 0 Å². The standard InChI is InChI=1S/C21H28BFN4O4/c1-7-17(21(4,5)6)27(20(29)18-24-12(2)10-13(3)25-18)26-19(28)15-9-8-14(22(30)31)11-16(15)23/h8-11,17,30-31H,7H2,1-6H3,(H,26,28)/t17-/m1/s1. The monoisotopic (exact) mass is 430 g/mol. The van der Waals surface area contributed by atoms with Crippen LogP contribution in [0.5, 0.6) is 0 Å². The Kier molecular flexibility index (Phi) is 7.51. The van der Waals surface area contributed by atoms with Gasteiger partial charge in [0.2, 0.25) is 5.82 Å². The van der Waals surface area contributed by atoms with Gasteiger partial charge in [-0.2, -0.15) is 0 Å². The molecule has 31 heavy (non-hydrogen) atoms. The fourth-order valence-electron chi connectivity index (χ4n) is 3.43. The number of aromatic nitrogens is 2. The molecular weight excluding hydrogens is 402 g/mol. The maximum Gasteiger partial charge on any atom is 0.488 e. The van der Waals surface area contributed by atoms with E-state index in [4.69, 9.17) is 0 Å². The van der Waals surface area contributed by atoms with Gasteiger partial charge in [-0.3, -0.25) is 15.0 Å². The summed E-state index contributed by atoms with van der Waals surface area (Å²) in [5.41, 5.74) is 2.88. The average Bonchev–Trinajstić information content (AvgIpc) is 2.65. The Morgan fingerprint density at radius 2 is 1.74 bits per heavy atom. The number of nitrogens with one attached hydrogen (secondary N) is 1. The minimum Gasteiger partial charge on any atom is -0.423 e. The second-order valence-corrected chi connectivity index (χ2v) is 8.49. The summed E-state index contributed by atoms with van der Waals surface area (Å²) in [6.45, 7) is 11.1. The maximum atomic E-state index is 14.4. The highest BCUT2D eigenvalue weighted by atomic mass is 19.1. The number of carbonyl (C=O) groups excluding carboxylic acids is 2. The molecule has 0 fully saturated rings. The van der Waals surface area contributed by atoms with Gasteiger partial charge in [0.25, 0.3) is 5.91 Å². The van der Waals surface area contributed by atoms with Crippen molar-refractivity contribution >= 4 is 24.4 Å². The summed E-state index contributed by atoms with van der Waals surface area (Å²) in [5.74, 6) is -2.47. The molecule has 0 aliphatic rings. The number of amides is 2. The van der Waals surface area contributed by atoms with E-state index in [0.29, 0.717) is 17.8 Å². The first-order chi connectivity index (χ1) is 14.3. The van der Waals surface area contributed by atoms with Crippen molar-refractivity contribution in [1.82, 2.24) is 20.4 Å². The first-order valence-corrected chi connectivity index (χ1v) is 9.97. The molecule has 2 rings (SSSR count). The van der Waals surface area contributed by atoms with Crippen LogP contribution in [-0.4, -0.2) is 50.0 Å². The second-order valence-electron chi connectivity index (χ2n) is 8.49. The molecule has 0 aliphatic heterocycles. The second kappa shape index (κ2) is 9.53. The Hall–Kier alpha value is -2.85. The molecule has 2 aromatic rings. The van der Waals surface area contributed by atoms with Crippen molar-refractivity contribution in [2.75, 3.05) is 0 Å². The van der Waals surface area contributed by atoms with Crippen LogP contribution in [0.3, 0.4) is 0 Å². The van der Waals surface area contributed by atoms with Gasteiger partial charge in [-0.15, -0.1) is 0 Å². The summed E-state index contributed by atoms with van der Waals surface area (Å²) in [5, 5.41) is 19.5. The van der Waals surface area contributed by atoms with E-state index in [9.17, 15) is 24.0 Å². The number of nitrogens with zero attached hydrogens (tertiary/aromatic N) is 3. The summed E-state index contributed by atoms with van der Waals surface area (Å²) in [6, 6.07) is 4.51. The van der Waals surface area contributed by atoms with Crippen molar-refractivity contribution in [3.05, 3.63) is 52.9 Å². The molecule has 0 saturated carbocycles. The average molecular weight is 430 g/mol. The van der Waals surface area contributed by atoms with Gasteiger partial charge in [-0.05, 0) is 49.3 Å². The number of aryl methyl sites for hydroxylation is 2. The predicted molar refractivity (Wildman–Crippen MR) is 115 cm³/mol. The summed E-state index contributed by atoms with van der Waals surface area (Å²) in [7, 11) is -1.86. The number of hydrogen-bond acceptors (Lipinski definition) is 6. The number of hydrogen-bond donors (Lipinski definition) is 3. The van der Waals surface area contributed by atoms with Crippen molar-refractivity contribution in [2.24, 2.45) is 5.41 Å². The molecule has 0 spiro atoms. The first kappa shape index (κ1) is 24.4. The lowest BCUT2D eigenvalue weighted by molar-refractivity contribution is 0.0273. The van der Waals surface area contributed by atoms with Gasteiger partial charge < -0.3 is 10.0 Å². The lowest BCUT2D eigenvalue weighted by atomic mass is 9.80. The molecule has 1 heterocycles. The molecule has 0 aliphatic carbocycles. The molecular formula is C21H28BFN4O4. The van der Waals surface area contributed by atoms with Gasteiger partial charge in [0.1, 0.15) is 5.82 Å². The Morgan fingerprint density at radius 1 is 1.16 bits per heavy atom. The van der Waals surface area contributed by atoms with Crippen molar-refractivity contribution in [3.63, 3.8) is 0 Å². The predicted octanol–water partition coefficient (Wildman–Crippen LogP) is 1.52. The number of rotatable bonds is 5. The van der Waals surface area contributed by atoms with E-state index in [1.807, 2.05) is 27.7 Å². The van der Waals surface area contributed by atoms with E-state index in [2.05, 4.69) is 15.4 Å². The van der Waals surface area contributed by atoms with Crippen LogP contribution in [0.15, 0.2) is 24.3 Å². The molecule has 1 aromatic carbocycles. The lowest BCUT2D eigenvalue weighted by Crippen LogP contribution is -2.56. The van der Waals surface area contributed by atoms with Gasteiger partial charge in [0.15, 0.2) is 0 Å². The van der Waals surface area contributed by atoms with Crippen LogP contribution in [0.2, 0.25) is 0 Å². The highest BCUT2D eigenvalue weighted by Gasteiger charge is 2.35. The third kappa shape index (κ3) is 5.86. The lowest BCUT2D eigenvalue weighted by Gasteiger charge is -2.39. The minimum absolute atomic E-state index is 0.0697. The Bertz CT molecular complexity index is 958. The van der Waals surface area contributed by atoms with Crippen molar-refractivity contribution in [3.8, 4) is 0 Å². The van der Waals surface area contributed by atoms with Crippen LogP contribution in [0, 0.1) is 25.1 Å². The SMILES string of the molecule is CC[C@@H](N(NC(=O)c1ccc(B(O)O)cc1F)C(=O)c1nc(C)cc(C)n1)C(C)(C)C. The third-order valence-electron chi connectivity index (χ3n) is 4.85. The van der Waals surface area contributed by atoms with E-state index < -0.39 is 36.2 Å². The molecule has 1 aromatic heterocycles. The first-order valence-electron chi connectivity index (χ1n) is 9.97. The number of halogens is 1. The van der Waals surface area contributed by atoms with Crippen molar-refractivity contribution in [2.45, 2.75) is 54.0 Å². The third-order valence-corrected chi connectivity index (χ3v) is 4.85. The molecule has 8 nitrogen and oxygen atoms in total. The van der Waals surface area contributed by atoms with Crippen molar-refractivity contribution < 1.29 is 24.0 Å². The Balaban J connectivity index is 2.46. The highest BCUT2D eigenvalue weighted by Crippen LogP contribution is 2.27.